The van der Waals surface area contributed by atoms with E-state index in [1.807, 2.05) is 41.8 Å². The molecular weight excluding hydrogens is 380 g/mol. The number of anilines is 1. The summed E-state index contributed by atoms with van der Waals surface area (Å²) in [4.78, 5) is 30.1. The zero-order valence-corrected chi connectivity index (χ0v) is 16.9. The number of hydrogen-bond acceptors (Lipinski definition) is 6. The van der Waals surface area contributed by atoms with Crippen LogP contribution in [0, 0.1) is 0 Å². The Morgan fingerprint density at radius 1 is 1.07 bits per heavy atom. The smallest absolute Gasteiger partial charge is 0.358 e. The first-order valence-electron chi connectivity index (χ1n) is 8.56. The van der Waals surface area contributed by atoms with Gasteiger partial charge in [-0.3, -0.25) is 4.79 Å². The number of thiophene rings is 1. The molecule has 27 heavy (non-hydrogen) atoms. The lowest BCUT2D eigenvalue weighted by atomic mass is 10.0. The van der Waals surface area contributed by atoms with Gasteiger partial charge in [-0.2, -0.15) is 0 Å². The summed E-state index contributed by atoms with van der Waals surface area (Å²) in [5.74, 6) is -0.705. The van der Waals surface area contributed by atoms with Gasteiger partial charge in [-0.1, -0.05) is 38.1 Å². The monoisotopic (exact) mass is 400 g/mol. The van der Waals surface area contributed by atoms with Crippen LogP contribution in [-0.2, 0) is 9.53 Å². The maximum Gasteiger partial charge on any atom is 0.358 e. The van der Waals surface area contributed by atoms with E-state index in [1.54, 1.807) is 23.6 Å². The summed E-state index contributed by atoms with van der Waals surface area (Å²) in [6.07, 6.45) is -0.926. The van der Waals surface area contributed by atoms with Crippen molar-refractivity contribution in [2.45, 2.75) is 32.8 Å². The summed E-state index contributed by atoms with van der Waals surface area (Å²) < 4.78 is 5.30. The molecule has 3 aromatic rings. The lowest BCUT2D eigenvalue weighted by Gasteiger charge is -2.16. The highest BCUT2D eigenvalue weighted by atomic mass is 32.1. The number of nitrogens with one attached hydrogen (secondary N) is 1. The summed E-state index contributed by atoms with van der Waals surface area (Å²) in [6, 6.07) is 11.5. The number of para-hydroxylation sites is 1. The Balaban J connectivity index is 1.64. The van der Waals surface area contributed by atoms with Crippen LogP contribution in [0.1, 0.15) is 42.7 Å². The van der Waals surface area contributed by atoms with Gasteiger partial charge in [0, 0.05) is 11.1 Å². The first-order valence-corrected chi connectivity index (χ1v) is 10.3. The SMILES string of the molecule is CC(C)c1ccccc1NC(=O)[C@H](C)OC(=O)c1csc(-c2cccs2)n1. The Morgan fingerprint density at radius 3 is 2.56 bits per heavy atom. The van der Waals surface area contributed by atoms with Crippen LogP contribution in [0.25, 0.3) is 9.88 Å². The molecule has 140 valence electrons. The van der Waals surface area contributed by atoms with Crippen LogP contribution in [0.5, 0.6) is 0 Å². The number of aromatic nitrogens is 1. The van der Waals surface area contributed by atoms with Crippen molar-refractivity contribution < 1.29 is 14.3 Å². The molecule has 0 saturated heterocycles. The highest BCUT2D eigenvalue weighted by Gasteiger charge is 2.22. The summed E-state index contributed by atoms with van der Waals surface area (Å²) >= 11 is 2.93. The molecule has 0 saturated carbocycles. The number of carbonyl (C=O) groups is 2. The zero-order valence-electron chi connectivity index (χ0n) is 15.3. The molecule has 0 fully saturated rings. The minimum atomic E-state index is -0.926. The normalized spacial score (nSPS) is 12.0. The number of hydrogen-bond donors (Lipinski definition) is 1. The van der Waals surface area contributed by atoms with Crippen molar-refractivity contribution in [2.75, 3.05) is 5.32 Å². The third-order valence-electron chi connectivity index (χ3n) is 3.94. The molecule has 0 radical (unpaired) electrons. The van der Waals surface area contributed by atoms with Crippen LogP contribution in [0.2, 0.25) is 0 Å². The van der Waals surface area contributed by atoms with E-state index in [0.717, 1.165) is 21.1 Å². The van der Waals surface area contributed by atoms with Crippen LogP contribution in [0.15, 0.2) is 47.2 Å². The van der Waals surface area contributed by atoms with Gasteiger partial charge in [-0.15, -0.1) is 22.7 Å². The van der Waals surface area contributed by atoms with Gasteiger partial charge in [0.2, 0.25) is 0 Å². The van der Waals surface area contributed by atoms with E-state index >= 15 is 0 Å². The Hall–Kier alpha value is -2.51. The molecule has 1 atom stereocenters. The second kappa shape index (κ2) is 8.45. The summed E-state index contributed by atoms with van der Waals surface area (Å²) in [5, 5.41) is 7.21. The lowest BCUT2D eigenvalue weighted by molar-refractivity contribution is -0.123. The van der Waals surface area contributed by atoms with Gasteiger partial charge in [-0.25, -0.2) is 9.78 Å². The number of amides is 1. The summed E-state index contributed by atoms with van der Waals surface area (Å²) in [5.41, 5.74) is 1.98. The molecule has 1 N–H and O–H groups in total. The molecule has 5 nitrogen and oxygen atoms in total. The summed E-state index contributed by atoms with van der Waals surface area (Å²) in [6.45, 7) is 5.67. The van der Waals surface area contributed by atoms with Crippen LogP contribution in [0.4, 0.5) is 5.69 Å². The largest absolute Gasteiger partial charge is 0.448 e. The molecule has 1 aromatic carbocycles. The fraction of sp³-hybridized carbons (Fsp3) is 0.250. The van der Waals surface area contributed by atoms with Crippen molar-refractivity contribution in [3.63, 3.8) is 0 Å². The quantitative estimate of drug-likeness (QED) is 0.579. The maximum absolute atomic E-state index is 12.4. The number of carbonyl (C=O) groups excluding carboxylic acids is 2. The number of benzene rings is 1. The molecule has 0 aliphatic heterocycles. The van der Waals surface area contributed by atoms with Crippen LogP contribution in [-0.4, -0.2) is 23.0 Å². The second-order valence-electron chi connectivity index (χ2n) is 6.29. The summed E-state index contributed by atoms with van der Waals surface area (Å²) in [7, 11) is 0. The molecule has 0 bridgehead atoms. The molecule has 0 aliphatic carbocycles. The minimum absolute atomic E-state index is 0.214. The Bertz CT molecular complexity index is 932. The van der Waals surface area contributed by atoms with Gasteiger partial charge < -0.3 is 10.1 Å². The maximum atomic E-state index is 12.4. The molecule has 2 aromatic heterocycles. The standard InChI is InChI=1S/C20H20N2O3S2/c1-12(2)14-7-4-5-8-15(14)21-18(23)13(3)25-20(24)16-11-27-19(22-16)17-9-6-10-26-17/h4-13H,1-3H3,(H,21,23)/t13-/m0/s1. The number of rotatable bonds is 6. The van der Waals surface area contributed by atoms with Crippen molar-refractivity contribution in [2.24, 2.45) is 0 Å². The fourth-order valence-corrected chi connectivity index (χ4v) is 4.11. The molecule has 3 rings (SSSR count). The fourth-order valence-electron chi connectivity index (χ4n) is 2.50. The van der Waals surface area contributed by atoms with Crippen molar-refractivity contribution >= 4 is 40.2 Å². The van der Waals surface area contributed by atoms with Crippen molar-refractivity contribution in [3.05, 3.63) is 58.4 Å². The van der Waals surface area contributed by atoms with Crippen molar-refractivity contribution in [3.8, 4) is 9.88 Å². The number of thiazole rings is 1. The Morgan fingerprint density at radius 2 is 1.85 bits per heavy atom. The van der Waals surface area contributed by atoms with Crippen molar-refractivity contribution in [1.29, 1.82) is 0 Å². The number of esters is 1. The van der Waals surface area contributed by atoms with E-state index in [-0.39, 0.29) is 17.5 Å². The van der Waals surface area contributed by atoms with Gasteiger partial charge in [0.05, 0.1) is 4.88 Å². The van der Waals surface area contributed by atoms with Gasteiger partial charge >= 0.3 is 5.97 Å². The first-order chi connectivity index (χ1) is 13.0. The minimum Gasteiger partial charge on any atom is -0.448 e. The van der Waals surface area contributed by atoms with Crippen LogP contribution in [0.3, 0.4) is 0 Å². The van der Waals surface area contributed by atoms with Gasteiger partial charge in [-0.05, 0) is 35.9 Å². The third-order valence-corrected chi connectivity index (χ3v) is 5.82. The van der Waals surface area contributed by atoms with Gasteiger partial charge in [0.15, 0.2) is 11.8 Å². The van der Waals surface area contributed by atoms with E-state index in [2.05, 4.69) is 24.1 Å². The Labute approximate surface area is 166 Å². The van der Waals surface area contributed by atoms with E-state index in [1.165, 1.54) is 11.3 Å². The lowest BCUT2D eigenvalue weighted by Crippen LogP contribution is -2.30. The average molecular weight is 401 g/mol. The van der Waals surface area contributed by atoms with Crippen LogP contribution >= 0.6 is 22.7 Å². The molecule has 7 heteroatoms. The average Bonchev–Trinajstić information content (AvgIpc) is 3.33. The second-order valence-corrected chi connectivity index (χ2v) is 8.10. The molecule has 1 amide bonds. The highest BCUT2D eigenvalue weighted by Crippen LogP contribution is 2.28. The molecule has 0 spiro atoms. The molecular formula is C20H20N2O3S2. The van der Waals surface area contributed by atoms with Gasteiger partial charge in [0.25, 0.3) is 5.91 Å². The van der Waals surface area contributed by atoms with Crippen molar-refractivity contribution in [1.82, 2.24) is 4.98 Å². The molecule has 0 aliphatic rings. The van der Waals surface area contributed by atoms with Crippen LogP contribution < -0.4 is 5.32 Å². The molecule has 2 heterocycles. The van der Waals surface area contributed by atoms with E-state index < -0.39 is 12.1 Å². The van der Waals surface area contributed by atoms with E-state index in [0.29, 0.717) is 0 Å². The predicted molar refractivity (Wildman–Crippen MR) is 109 cm³/mol. The predicted octanol–water partition coefficient (Wildman–Crippen LogP) is 5.18. The highest BCUT2D eigenvalue weighted by molar-refractivity contribution is 7.20. The third kappa shape index (κ3) is 4.61. The van der Waals surface area contributed by atoms with E-state index in [9.17, 15) is 9.59 Å². The van der Waals surface area contributed by atoms with Gasteiger partial charge in [0.1, 0.15) is 5.01 Å². The van der Waals surface area contributed by atoms with E-state index in [4.69, 9.17) is 4.74 Å². The zero-order chi connectivity index (χ0) is 19.4. The number of ether oxygens (including phenoxy) is 1. The Kier molecular flexibility index (Phi) is 6.03. The first kappa shape index (κ1) is 19.3. The molecule has 0 unspecified atom stereocenters. The topological polar surface area (TPSA) is 68.3 Å². The number of nitrogens with zero attached hydrogens (tertiary/aromatic N) is 1.